The second kappa shape index (κ2) is 6.79. The lowest BCUT2D eigenvalue weighted by Gasteiger charge is -2.21. The van der Waals surface area contributed by atoms with Crippen molar-refractivity contribution in [1.82, 2.24) is 4.90 Å². The summed E-state index contributed by atoms with van der Waals surface area (Å²) in [4.78, 5) is 5.67. The number of hydrogen-bond acceptors (Lipinski definition) is 2. The fourth-order valence-electron chi connectivity index (χ4n) is 0.744. The Bertz CT molecular complexity index is 147. The van der Waals surface area contributed by atoms with Gasteiger partial charge in [0.15, 0.2) is 0 Å². The number of nitrogens with one attached hydrogen (secondary N) is 1. The number of nitrogens with zero attached hydrogens (tertiary/aromatic N) is 2. The van der Waals surface area contributed by atoms with Crippen molar-refractivity contribution in [2.24, 2.45) is 4.99 Å². The molecular weight excluding hydrogens is 154 g/mol. The highest BCUT2D eigenvalue weighted by Gasteiger charge is 2.03. The van der Waals surface area contributed by atoms with Crippen LogP contribution >= 0.6 is 0 Å². The first-order valence-corrected chi connectivity index (χ1v) is 3.95. The topological polar surface area (TPSA) is 48.7 Å². The van der Waals surface area contributed by atoms with Crippen LogP contribution in [0.2, 0.25) is 0 Å². The average Bonchev–Trinajstić information content (AvgIpc) is 2.10. The summed E-state index contributed by atoms with van der Waals surface area (Å²) in [5.74, 6) is 0. The van der Waals surface area contributed by atoms with E-state index in [1.807, 2.05) is 11.9 Å². The van der Waals surface area contributed by atoms with Gasteiger partial charge in [0, 0.05) is 26.8 Å². The fraction of sp³-hybridized carbons (Fsp3) is 0.750. The normalized spacial score (nSPS) is 13.2. The van der Waals surface area contributed by atoms with Gasteiger partial charge in [0.05, 0.1) is 6.34 Å². The maximum atomic E-state index is 6.70. The molecule has 0 aliphatic rings. The molecule has 0 radical (unpaired) electrons. The minimum atomic E-state index is 0.397. The van der Waals surface area contributed by atoms with Crippen molar-refractivity contribution in [2.75, 3.05) is 20.8 Å². The van der Waals surface area contributed by atoms with Gasteiger partial charge < -0.3 is 9.64 Å². The van der Waals surface area contributed by atoms with E-state index in [0.717, 1.165) is 19.4 Å². The molecule has 0 amide bonds. The Morgan fingerprint density at radius 1 is 1.67 bits per heavy atom. The third kappa shape index (κ3) is 4.85. The molecule has 0 aromatic rings. The Balaban J connectivity index is 3.67. The van der Waals surface area contributed by atoms with Crippen molar-refractivity contribution in [1.29, 1.82) is 5.41 Å². The molecule has 0 heterocycles. The fourth-order valence-corrected chi connectivity index (χ4v) is 0.744. The maximum Gasteiger partial charge on any atom is 0.108 e. The standard InChI is InChI=1S/C8H17N3O/c1-8(4-5-12-3)11(2)7-10-6-9/h6-9H,4-5H2,1-3H3. The number of ether oxygens (including phenoxy) is 1. The Morgan fingerprint density at radius 2 is 2.33 bits per heavy atom. The van der Waals surface area contributed by atoms with Crippen LogP contribution in [0.4, 0.5) is 0 Å². The second-order valence-electron chi connectivity index (χ2n) is 2.69. The van der Waals surface area contributed by atoms with Crippen LogP contribution in [0.3, 0.4) is 0 Å². The molecule has 1 atom stereocenters. The lowest BCUT2D eigenvalue weighted by molar-refractivity contribution is 0.174. The molecule has 12 heavy (non-hydrogen) atoms. The van der Waals surface area contributed by atoms with Gasteiger partial charge in [-0.3, -0.25) is 5.41 Å². The van der Waals surface area contributed by atoms with Gasteiger partial charge in [-0.05, 0) is 13.3 Å². The molecule has 0 aromatic heterocycles. The molecule has 4 nitrogen and oxygen atoms in total. The summed E-state index contributed by atoms with van der Waals surface area (Å²) in [6, 6.07) is 0.397. The van der Waals surface area contributed by atoms with E-state index in [9.17, 15) is 0 Å². The van der Waals surface area contributed by atoms with Gasteiger partial charge in [-0.25, -0.2) is 4.99 Å². The summed E-state index contributed by atoms with van der Waals surface area (Å²) in [5, 5.41) is 6.70. The van der Waals surface area contributed by atoms with E-state index in [-0.39, 0.29) is 0 Å². The van der Waals surface area contributed by atoms with Crippen LogP contribution in [0.25, 0.3) is 0 Å². The van der Waals surface area contributed by atoms with E-state index in [0.29, 0.717) is 6.04 Å². The molecule has 0 spiro atoms. The minimum Gasteiger partial charge on any atom is -0.385 e. The Kier molecular flexibility index (Phi) is 6.28. The predicted molar refractivity (Wildman–Crippen MR) is 51.0 cm³/mol. The molecule has 0 aromatic carbocycles. The van der Waals surface area contributed by atoms with Crippen molar-refractivity contribution < 1.29 is 4.74 Å². The summed E-state index contributed by atoms with van der Waals surface area (Å²) >= 11 is 0. The van der Waals surface area contributed by atoms with Gasteiger partial charge in [0.25, 0.3) is 0 Å². The van der Waals surface area contributed by atoms with Crippen molar-refractivity contribution in [3.05, 3.63) is 0 Å². The van der Waals surface area contributed by atoms with Gasteiger partial charge in [-0.1, -0.05) is 0 Å². The zero-order chi connectivity index (χ0) is 9.40. The quantitative estimate of drug-likeness (QED) is 0.478. The van der Waals surface area contributed by atoms with E-state index in [2.05, 4.69) is 11.9 Å². The summed E-state index contributed by atoms with van der Waals surface area (Å²) in [5.41, 5.74) is 0. The van der Waals surface area contributed by atoms with Crippen molar-refractivity contribution in [2.45, 2.75) is 19.4 Å². The summed E-state index contributed by atoms with van der Waals surface area (Å²) in [7, 11) is 3.63. The molecule has 0 aliphatic heterocycles. The first-order valence-electron chi connectivity index (χ1n) is 3.95. The highest BCUT2D eigenvalue weighted by Crippen LogP contribution is 1.97. The smallest absolute Gasteiger partial charge is 0.108 e. The van der Waals surface area contributed by atoms with E-state index in [1.54, 1.807) is 13.4 Å². The lowest BCUT2D eigenvalue weighted by Crippen LogP contribution is -2.28. The first-order chi connectivity index (χ1) is 5.72. The zero-order valence-electron chi connectivity index (χ0n) is 7.95. The SMILES string of the molecule is COCCC(C)N(C)C=NC=N. The average molecular weight is 171 g/mol. The van der Waals surface area contributed by atoms with Gasteiger partial charge in [0.1, 0.15) is 6.34 Å². The van der Waals surface area contributed by atoms with Crippen LogP contribution in [0.1, 0.15) is 13.3 Å². The largest absolute Gasteiger partial charge is 0.385 e. The van der Waals surface area contributed by atoms with E-state index < -0.39 is 0 Å². The maximum absolute atomic E-state index is 6.70. The molecule has 70 valence electrons. The highest BCUT2D eigenvalue weighted by atomic mass is 16.5. The molecule has 0 aliphatic carbocycles. The van der Waals surface area contributed by atoms with Gasteiger partial charge in [-0.15, -0.1) is 0 Å². The van der Waals surface area contributed by atoms with Crippen LogP contribution in [0.5, 0.6) is 0 Å². The third-order valence-electron chi connectivity index (χ3n) is 1.76. The van der Waals surface area contributed by atoms with E-state index in [4.69, 9.17) is 10.1 Å². The first kappa shape index (κ1) is 11.1. The Hall–Kier alpha value is -0.900. The number of aliphatic imine (C=N–C) groups is 1. The van der Waals surface area contributed by atoms with Gasteiger partial charge >= 0.3 is 0 Å². The van der Waals surface area contributed by atoms with Crippen molar-refractivity contribution in [3.8, 4) is 0 Å². The van der Waals surface area contributed by atoms with Crippen LogP contribution in [-0.2, 0) is 4.74 Å². The summed E-state index contributed by atoms with van der Waals surface area (Å²) in [6.07, 6.45) is 3.64. The number of rotatable bonds is 6. The Labute approximate surface area is 73.7 Å². The minimum absolute atomic E-state index is 0.397. The number of methoxy groups -OCH3 is 1. The molecule has 0 saturated heterocycles. The van der Waals surface area contributed by atoms with Crippen molar-refractivity contribution >= 4 is 12.7 Å². The summed E-state index contributed by atoms with van der Waals surface area (Å²) < 4.78 is 4.95. The molecule has 1 unspecified atom stereocenters. The molecule has 1 N–H and O–H groups in total. The van der Waals surface area contributed by atoms with Gasteiger partial charge in [-0.2, -0.15) is 0 Å². The molecule has 4 heteroatoms. The van der Waals surface area contributed by atoms with Crippen LogP contribution in [0.15, 0.2) is 4.99 Å². The van der Waals surface area contributed by atoms with Crippen LogP contribution in [0, 0.1) is 5.41 Å². The molecule has 0 rings (SSSR count). The Morgan fingerprint density at radius 3 is 2.83 bits per heavy atom. The predicted octanol–water partition coefficient (Wildman–Crippen LogP) is 0.979. The molecule has 0 bridgehead atoms. The van der Waals surface area contributed by atoms with Gasteiger partial charge in [0.2, 0.25) is 0 Å². The lowest BCUT2D eigenvalue weighted by atomic mass is 10.2. The zero-order valence-corrected chi connectivity index (χ0v) is 7.95. The van der Waals surface area contributed by atoms with Crippen LogP contribution in [-0.4, -0.2) is 44.4 Å². The molecular formula is C8H17N3O. The second-order valence-corrected chi connectivity index (χ2v) is 2.69. The van der Waals surface area contributed by atoms with Crippen LogP contribution < -0.4 is 0 Å². The summed E-state index contributed by atoms with van der Waals surface area (Å²) in [6.45, 7) is 2.85. The highest BCUT2D eigenvalue weighted by molar-refractivity contribution is 5.69. The molecule has 0 saturated carbocycles. The molecule has 0 fully saturated rings. The monoisotopic (exact) mass is 171 g/mol. The number of hydrogen-bond donors (Lipinski definition) is 1. The van der Waals surface area contributed by atoms with Crippen molar-refractivity contribution in [3.63, 3.8) is 0 Å². The third-order valence-corrected chi connectivity index (χ3v) is 1.76. The van der Waals surface area contributed by atoms with E-state index >= 15 is 0 Å². The van der Waals surface area contributed by atoms with E-state index in [1.165, 1.54) is 0 Å².